The molecule has 5 nitrogen and oxygen atoms in total. The van der Waals surface area contributed by atoms with Crippen LogP contribution in [0.5, 0.6) is 0 Å². The summed E-state index contributed by atoms with van der Waals surface area (Å²) in [4.78, 5) is 0. The number of allylic oxidation sites excluding steroid dienone is 6. The van der Waals surface area contributed by atoms with Crippen LogP contribution >= 0.6 is 0 Å². The second-order valence-electron chi connectivity index (χ2n) is 10.2. The van der Waals surface area contributed by atoms with Gasteiger partial charge in [0.1, 0.15) is 23.0 Å². The number of aromatic nitrogens is 1. The van der Waals surface area contributed by atoms with E-state index in [4.69, 9.17) is 19.4 Å². The van der Waals surface area contributed by atoms with Crippen LogP contribution in [0.3, 0.4) is 0 Å². The number of fused-ring (bicyclic) bond motifs is 3. The van der Waals surface area contributed by atoms with Crippen LogP contribution in [-0.4, -0.2) is 4.57 Å². The fourth-order valence-electron chi connectivity index (χ4n) is 5.02. The van der Waals surface area contributed by atoms with Crippen molar-refractivity contribution in [2.45, 2.75) is 13.8 Å². The summed E-state index contributed by atoms with van der Waals surface area (Å²) in [5, 5.41) is 20.2. The summed E-state index contributed by atoms with van der Waals surface area (Å²) >= 11 is 0. The van der Waals surface area contributed by atoms with Crippen molar-refractivity contribution in [1.82, 2.24) is 4.57 Å². The summed E-state index contributed by atoms with van der Waals surface area (Å²) in [7, 11) is 0. The quantitative estimate of drug-likeness (QED) is 0.144. The van der Waals surface area contributed by atoms with Gasteiger partial charge in [0.25, 0.3) is 0 Å². The van der Waals surface area contributed by atoms with E-state index in [0.29, 0.717) is 22.7 Å². The van der Waals surface area contributed by atoms with Crippen molar-refractivity contribution in [2.75, 3.05) is 0 Å². The Bertz CT molecular complexity index is 2030. The third-order valence-electron chi connectivity index (χ3n) is 7.17. The van der Waals surface area contributed by atoms with Crippen LogP contribution in [0.2, 0.25) is 0 Å². The maximum Gasteiger partial charge on any atom is 0.134 e. The lowest BCUT2D eigenvalue weighted by Gasteiger charge is -2.09. The van der Waals surface area contributed by atoms with Gasteiger partial charge < -0.3 is 13.4 Å². The summed E-state index contributed by atoms with van der Waals surface area (Å²) in [6, 6.07) is 35.2. The standard InChI is InChI=1S/C38H27N3O2/c1-26(24-39)8-6-12-31-16-20-37(42-31)28-14-18-33-34-19-15-29(38-21-17-32(43-38)13-7-9-27(2)25-40)23-36(34)41(35(33)22-28)30-10-4-3-5-11-30/h3-23H,1-2H3/b12-6+,13-7+,26-8-,27-9-. The number of furan rings is 2. The van der Waals surface area contributed by atoms with E-state index in [1.165, 1.54) is 0 Å². The predicted molar refractivity (Wildman–Crippen MR) is 173 cm³/mol. The Kier molecular flexibility index (Phi) is 7.47. The zero-order valence-electron chi connectivity index (χ0n) is 23.8. The summed E-state index contributed by atoms with van der Waals surface area (Å²) in [6.07, 6.45) is 10.9. The largest absolute Gasteiger partial charge is 0.457 e. The van der Waals surface area contributed by atoms with Crippen molar-refractivity contribution in [3.63, 3.8) is 0 Å². The summed E-state index contributed by atoms with van der Waals surface area (Å²) < 4.78 is 14.5. The number of hydrogen-bond donors (Lipinski definition) is 0. The molecule has 6 rings (SSSR count). The topological polar surface area (TPSA) is 78.8 Å². The number of nitriles is 2. The molecule has 0 aliphatic heterocycles. The van der Waals surface area contributed by atoms with Crippen molar-refractivity contribution >= 4 is 34.0 Å². The van der Waals surface area contributed by atoms with Gasteiger partial charge in [0.05, 0.1) is 23.2 Å². The van der Waals surface area contributed by atoms with Crippen LogP contribution in [0.25, 0.3) is 62.3 Å². The first-order valence-electron chi connectivity index (χ1n) is 13.9. The Labute approximate surface area is 249 Å². The molecule has 0 saturated carbocycles. The molecule has 0 radical (unpaired) electrons. The van der Waals surface area contributed by atoms with Crippen molar-refractivity contribution in [1.29, 1.82) is 10.5 Å². The molecule has 0 amide bonds. The van der Waals surface area contributed by atoms with Crippen molar-refractivity contribution in [3.8, 4) is 40.5 Å². The smallest absolute Gasteiger partial charge is 0.134 e. The summed E-state index contributed by atoms with van der Waals surface area (Å²) in [6.45, 7) is 3.54. The summed E-state index contributed by atoms with van der Waals surface area (Å²) in [5.41, 5.74) is 6.41. The van der Waals surface area contributed by atoms with Gasteiger partial charge in [0.15, 0.2) is 0 Å². The van der Waals surface area contributed by atoms with E-state index < -0.39 is 0 Å². The predicted octanol–water partition coefficient (Wildman–Crippen LogP) is 10.3. The average molecular weight is 558 g/mol. The molecule has 6 aromatic rings. The van der Waals surface area contributed by atoms with Crippen molar-refractivity contribution in [2.24, 2.45) is 0 Å². The van der Waals surface area contributed by atoms with Crippen LogP contribution < -0.4 is 0 Å². The molecular formula is C38H27N3O2. The summed E-state index contributed by atoms with van der Waals surface area (Å²) in [5.74, 6) is 2.97. The number of hydrogen-bond acceptors (Lipinski definition) is 4. The second kappa shape index (κ2) is 11.8. The van der Waals surface area contributed by atoms with Crippen LogP contribution in [0.1, 0.15) is 25.4 Å². The number of para-hydroxylation sites is 1. The number of benzene rings is 3. The lowest BCUT2D eigenvalue weighted by Crippen LogP contribution is -1.93. The molecule has 3 heterocycles. The van der Waals surface area contributed by atoms with E-state index in [2.05, 4.69) is 65.2 Å². The minimum Gasteiger partial charge on any atom is -0.457 e. The Morgan fingerprint density at radius 3 is 1.58 bits per heavy atom. The van der Waals surface area contributed by atoms with E-state index in [0.717, 1.165) is 50.1 Å². The van der Waals surface area contributed by atoms with Crippen LogP contribution in [0, 0.1) is 22.7 Å². The highest BCUT2D eigenvalue weighted by Gasteiger charge is 2.16. The third kappa shape index (κ3) is 5.61. The molecule has 0 aliphatic rings. The molecule has 0 aliphatic carbocycles. The van der Waals surface area contributed by atoms with Gasteiger partial charge in [-0.25, -0.2) is 0 Å². The molecule has 206 valence electrons. The van der Waals surface area contributed by atoms with Gasteiger partial charge in [-0.1, -0.05) is 54.6 Å². The normalized spacial score (nSPS) is 12.5. The second-order valence-corrected chi connectivity index (χ2v) is 10.2. The molecule has 3 aromatic carbocycles. The average Bonchev–Trinajstić information content (AvgIpc) is 3.78. The maximum atomic E-state index is 8.96. The van der Waals surface area contributed by atoms with Gasteiger partial charge in [0.2, 0.25) is 0 Å². The molecule has 0 atom stereocenters. The molecule has 0 fully saturated rings. The molecule has 0 bridgehead atoms. The van der Waals surface area contributed by atoms with Crippen molar-refractivity contribution in [3.05, 3.63) is 138 Å². The number of nitrogens with zero attached hydrogens (tertiary/aromatic N) is 3. The van der Waals surface area contributed by atoms with Crippen LogP contribution in [0.15, 0.2) is 135 Å². The zero-order valence-corrected chi connectivity index (χ0v) is 23.8. The minimum absolute atomic E-state index is 0.634. The Morgan fingerprint density at radius 1 is 0.628 bits per heavy atom. The third-order valence-corrected chi connectivity index (χ3v) is 7.17. The van der Waals surface area contributed by atoms with Gasteiger partial charge >= 0.3 is 0 Å². The first-order valence-corrected chi connectivity index (χ1v) is 13.9. The SMILES string of the molecule is C/C(C#N)=C/C=C/c1ccc(-c2ccc3c4ccc(-c5ccc(/C=C/C=C(/C)C#N)o5)cc4n(-c4ccccc4)c3c2)o1. The first-order chi connectivity index (χ1) is 21.0. The first kappa shape index (κ1) is 27.1. The number of rotatable bonds is 7. The van der Waals surface area contributed by atoms with Gasteiger partial charge in [-0.2, -0.15) is 10.5 Å². The zero-order chi connectivity index (χ0) is 29.8. The van der Waals surface area contributed by atoms with E-state index in [-0.39, 0.29) is 0 Å². The molecule has 0 saturated heterocycles. The molecule has 5 heteroatoms. The Morgan fingerprint density at radius 2 is 1.12 bits per heavy atom. The van der Waals surface area contributed by atoms with Gasteiger partial charge in [-0.15, -0.1) is 0 Å². The van der Waals surface area contributed by atoms with E-state index >= 15 is 0 Å². The lowest BCUT2D eigenvalue weighted by atomic mass is 10.1. The molecule has 0 unspecified atom stereocenters. The van der Waals surface area contributed by atoms with Gasteiger partial charge in [-0.3, -0.25) is 0 Å². The molecule has 3 aromatic heterocycles. The lowest BCUT2D eigenvalue weighted by molar-refractivity contribution is 0.571. The fourth-order valence-corrected chi connectivity index (χ4v) is 5.02. The monoisotopic (exact) mass is 557 g/mol. The maximum absolute atomic E-state index is 8.96. The molecular weight excluding hydrogens is 530 g/mol. The highest BCUT2D eigenvalue weighted by molar-refractivity contribution is 6.11. The molecule has 0 spiro atoms. The fraction of sp³-hybridized carbons (Fsp3) is 0.0526. The van der Waals surface area contributed by atoms with E-state index in [1.54, 1.807) is 26.0 Å². The molecule has 43 heavy (non-hydrogen) atoms. The minimum atomic E-state index is 0.634. The van der Waals surface area contributed by atoms with Gasteiger partial charge in [0, 0.05) is 38.7 Å². The van der Waals surface area contributed by atoms with Crippen LogP contribution in [0.4, 0.5) is 0 Å². The molecule has 0 N–H and O–H groups in total. The van der Waals surface area contributed by atoms with Crippen LogP contribution in [-0.2, 0) is 0 Å². The van der Waals surface area contributed by atoms with E-state index in [1.807, 2.05) is 66.8 Å². The van der Waals surface area contributed by atoms with E-state index in [9.17, 15) is 0 Å². The van der Waals surface area contributed by atoms with Gasteiger partial charge in [-0.05, 0) is 86.7 Å². The Balaban J connectivity index is 1.43. The Hall–Kier alpha value is -6.04. The van der Waals surface area contributed by atoms with Crippen molar-refractivity contribution < 1.29 is 8.83 Å². The highest BCUT2D eigenvalue weighted by Crippen LogP contribution is 2.37. The highest BCUT2D eigenvalue weighted by atomic mass is 16.3.